The van der Waals surface area contributed by atoms with Gasteiger partial charge in [0.1, 0.15) is 4.83 Å². The van der Waals surface area contributed by atoms with Crippen LogP contribution in [0.5, 0.6) is 0 Å². The molecule has 4 aromatic rings. The molecule has 1 aliphatic rings. The lowest BCUT2D eigenvalue weighted by molar-refractivity contribution is 0.0993. The molecule has 2 aromatic heterocycles. The number of thiophene rings is 1. The average molecular weight is 344 g/mol. The number of pyridine rings is 1. The molecule has 0 radical (unpaired) electrons. The van der Waals surface area contributed by atoms with Crippen molar-refractivity contribution in [2.24, 2.45) is 0 Å². The third-order valence-corrected chi connectivity index (χ3v) is 5.83. The summed E-state index contributed by atoms with van der Waals surface area (Å²) in [4.78, 5) is 21.3. The van der Waals surface area contributed by atoms with Crippen LogP contribution in [0, 0.1) is 6.92 Å². The zero-order chi connectivity index (χ0) is 17.0. The highest BCUT2D eigenvalue weighted by Gasteiger charge is 2.26. The molecule has 0 atom stereocenters. The standard InChI is InChI=1S/C21H16N2OS/c1-13-6-7-17-15(10-13)11-16-12-19(25-20(16)22-17)21(24)23-9-8-14-4-2-3-5-18(14)23/h2-7,10-12H,8-9H2,1H3. The summed E-state index contributed by atoms with van der Waals surface area (Å²) in [7, 11) is 0. The summed E-state index contributed by atoms with van der Waals surface area (Å²) in [6.07, 6.45) is 0.925. The van der Waals surface area contributed by atoms with Gasteiger partial charge in [0.2, 0.25) is 0 Å². The van der Waals surface area contributed by atoms with Crippen LogP contribution in [0.3, 0.4) is 0 Å². The van der Waals surface area contributed by atoms with Gasteiger partial charge in [0.25, 0.3) is 5.91 Å². The van der Waals surface area contributed by atoms with E-state index >= 15 is 0 Å². The molecular formula is C21H16N2OS. The van der Waals surface area contributed by atoms with E-state index in [9.17, 15) is 4.79 Å². The number of amides is 1. The number of benzene rings is 2. The molecule has 0 fully saturated rings. The molecule has 122 valence electrons. The van der Waals surface area contributed by atoms with Crippen molar-refractivity contribution < 1.29 is 4.79 Å². The fourth-order valence-corrected chi connectivity index (χ4v) is 4.51. The van der Waals surface area contributed by atoms with Crippen LogP contribution in [0.2, 0.25) is 0 Å². The van der Waals surface area contributed by atoms with E-state index in [1.54, 1.807) is 0 Å². The number of carbonyl (C=O) groups excluding carboxylic acids is 1. The summed E-state index contributed by atoms with van der Waals surface area (Å²) >= 11 is 1.48. The molecule has 0 unspecified atom stereocenters. The zero-order valence-electron chi connectivity index (χ0n) is 13.8. The lowest BCUT2D eigenvalue weighted by Gasteiger charge is -2.15. The van der Waals surface area contributed by atoms with Crippen molar-refractivity contribution in [3.63, 3.8) is 0 Å². The lowest BCUT2D eigenvalue weighted by atomic mass is 10.1. The predicted molar refractivity (Wildman–Crippen MR) is 104 cm³/mol. The first-order chi connectivity index (χ1) is 12.2. The van der Waals surface area contributed by atoms with Crippen LogP contribution in [0.15, 0.2) is 54.6 Å². The van der Waals surface area contributed by atoms with Gasteiger partial charge in [-0.05, 0) is 49.2 Å². The fraction of sp³-hybridized carbons (Fsp3) is 0.143. The zero-order valence-corrected chi connectivity index (χ0v) is 14.6. The molecule has 4 heteroatoms. The van der Waals surface area contributed by atoms with Crippen molar-refractivity contribution >= 4 is 44.1 Å². The molecule has 5 rings (SSSR count). The first-order valence-electron chi connectivity index (χ1n) is 8.40. The lowest BCUT2D eigenvalue weighted by Crippen LogP contribution is -2.28. The van der Waals surface area contributed by atoms with Gasteiger partial charge in [0.05, 0.1) is 10.4 Å². The molecule has 0 N–H and O–H groups in total. The second kappa shape index (κ2) is 5.39. The molecule has 3 heterocycles. The second-order valence-electron chi connectivity index (χ2n) is 6.53. The molecule has 0 bridgehead atoms. The monoisotopic (exact) mass is 344 g/mol. The summed E-state index contributed by atoms with van der Waals surface area (Å²) in [6.45, 7) is 2.83. The Morgan fingerprint density at radius 2 is 1.96 bits per heavy atom. The summed E-state index contributed by atoms with van der Waals surface area (Å²) in [5.41, 5.74) is 4.48. The van der Waals surface area contributed by atoms with Crippen LogP contribution in [0.4, 0.5) is 5.69 Å². The van der Waals surface area contributed by atoms with E-state index in [1.807, 2.05) is 35.2 Å². The number of para-hydroxylation sites is 1. The van der Waals surface area contributed by atoms with Crippen molar-refractivity contribution in [2.75, 3.05) is 11.4 Å². The van der Waals surface area contributed by atoms with E-state index in [-0.39, 0.29) is 5.91 Å². The van der Waals surface area contributed by atoms with Crippen LogP contribution in [0.25, 0.3) is 21.1 Å². The number of anilines is 1. The Hall–Kier alpha value is -2.72. The average Bonchev–Trinajstić information content (AvgIpc) is 3.23. The van der Waals surface area contributed by atoms with E-state index in [1.165, 1.54) is 22.5 Å². The maximum absolute atomic E-state index is 13.0. The van der Waals surface area contributed by atoms with E-state index < -0.39 is 0 Å². The van der Waals surface area contributed by atoms with Gasteiger partial charge in [-0.3, -0.25) is 4.79 Å². The van der Waals surface area contributed by atoms with Crippen LogP contribution < -0.4 is 4.90 Å². The van der Waals surface area contributed by atoms with Gasteiger partial charge in [-0.25, -0.2) is 4.98 Å². The van der Waals surface area contributed by atoms with Gasteiger partial charge in [0.15, 0.2) is 0 Å². The van der Waals surface area contributed by atoms with Crippen LogP contribution >= 0.6 is 11.3 Å². The summed E-state index contributed by atoms with van der Waals surface area (Å²) < 4.78 is 0. The van der Waals surface area contributed by atoms with Crippen molar-refractivity contribution in [1.82, 2.24) is 4.98 Å². The maximum Gasteiger partial charge on any atom is 0.268 e. The molecule has 0 saturated heterocycles. The molecule has 1 aliphatic heterocycles. The molecule has 0 saturated carbocycles. The smallest absolute Gasteiger partial charge is 0.268 e. The third-order valence-electron chi connectivity index (χ3n) is 4.80. The normalized spacial score (nSPS) is 13.6. The molecule has 25 heavy (non-hydrogen) atoms. The van der Waals surface area contributed by atoms with Gasteiger partial charge >= 0.3 is 0 Å². The number of nitrogens with zero attached hydrogens (tertiary/aromatic N) is 2. The van der Waals surface area contributed by atoms with Crippen molar-refractivity contribution in [3.8, 4) is 0 Å². The van der Waals surface area contributed by atoms with Crippen molar-refractivity contribution in [1.29, 1.82) is 0 Å². The first-order valence-corrected chi connectivity index (χ1v) is 9.21. The van der Waals surface area contributed by atoms with E-state index in [0.29, 0.717) is 0 Å². The summed E-state index contributed by atoms with van der Waals surface area (Å²) in [6, 6.07) is 18.5. The van der Waals surface area contributed by atoms with Gasteiger partial charge in [0, 0.05) is 23.0 Å². The summed E-state index contributed by atoms with van der Waals surface area (Å²) in [5, 5.41) is 2.16. The minimum Gasteiger partial charge on any atom is -0.307 e. The number of hydrogen-bond acceptors (Lipinski definition) is 3. The molecule has 3 nitrogen and oxygen atoms in total. The SMILES string of the molecule is Cc1ccc2nc3sc(C(=O)N4CCc5ccccc54)cc3cc2c1. The number of rotatable bonds is 1. The number of carbonyl (C=O) groups is 1. The Balaban J connectivity index is 1.59. The van der Waals surface area contributed by atoms with Crippen LogP contribution in [-0.2, 0) is 6.42 Å². The topological polar surface area (TPSA) is 33.2 Å². The number of aromatic nitrogens is 1. The van der Waals surface area contributed by atoms with Crippen LogP contribution in [0.1, 0.15) is 20.8 Å². The highest BCUT2D eigenvalue weighted by atomic mass is 32.1. The number of aryl methyl sites for hydroxylation is 1. The highest BCUT2D eigenvalue weighted by Crippen LogP contribution is 2.33. The van der Waals surface area contributed by atoms with Crippen LogP contribution in [-0.4, -0.2) is 17.4 Å². The molecule has 2 aromatic carbocycles. The van der Waals surface area contributed by atoms with Gasteiger partial charge < -0.3 is 4.90 Å². The molecular weight excluding hydrogens is 328 g/mol. The van der Waals surface area contributed by atoms with Gasteiger partial charge in [-0.1, -0.05) is 29.8 Å². The number of hydrogen-bond donors (Lipinski definition) is 0. The van der Waals surface area contributed by atoms with Crippen molar-refractivity contribution in [2.45, 2.75) is 13.3 Å². The Morgan fingerprint density at radius 3 is 2.88 bits per heavy atom. The van der Waals surface area contributed by atoms with E-state index in [0.717, 1.165) is 44.6 Å². The predicted octanol–water partition coefficient (Wildman–Crippen LogP) is 4.96. The minimum atomic E-state index is 0.0770. The molecule has 0 aliphatic carbocycles. The van der Waals surface area contributed by atoms with Crippen molar-refractivity contribution in [3.05, 3.63) is 70.6 Å². The maximum atomic E-state index is 13.0. The third kappa shape index (κ3) is 2.33. The highest BCUT2D eigenvalue weighted by molar-refractivity contribution is 7.20. The molecule has 1 amide bonds. The number of fused-ring (bicyclic) bond motifs is 3. The second-order valence-corrected chi connectivity index (χ2v) is 7.56. The summed E-state index contributed by atoms with van der Waals surface area (Å²) in [5.74, 6) is 0.0770. The van der Waals surface area contributed by atoms with Gasteiger partial charge in [-0.2, -0.15) is 0 Å². The largest absolute Gasteiger partial charge is 0.307 e. The Labute approximate surface area is 149 Å². The first kappa shape index (κ1) is 14.6. The Bertz CT molecular complexity index is 1150. The Morgan fingerprint density at radius 1 is 1.08 bits per heavy atom. The quantitative estimate of drug-likeness (QED) is 0.489. The van der Waals surface area contributed by atoms with E-state index in [4.69, 9.17) is 4.98 Å². The van der Waals surface area contributed by atoms with Gasteiger partial charge in [-0.15, -0.1) is 11.3 Å². The minimum absolute atomic E-state index is 0.0770. The Kier molecular flexibility index (Phi) is 3.15. The fourth-order valence-electron chi connectivity index (χ4n) is 3.54. The molecule has 0 spiro atoms. The van der Waals surface area contributed by atoms with E-state index in [2.05, 4.69) is 31.2 Å².